The molecule has 3 aromatic heterocycles. The molecule has 3 aliphatic rings. The van der Waals surface area contributed by atoms with Crippen LogP contribution in [0.3, 0.4) is 0 Å². The van der Waals surface area contributed by atoms with E-state index in [1.54, 1.807) is 15.6 Å². The average molecular weight is 510 g/mol. The van der Waals surface area contributed by atoms with Gasteiger partial charge >= 0.3 is 0 Å². The van der Waals surface area contributed by atoms with Gasteiger partial charge in [-0.15, -0.1) is 0 Å². The summed E-state index contributed by atoms with van der Waals surface area (Å²) in [5, 5.41) is 3.85. The largest absolute Gasteiger partial charge is 0.478 e. The van der Waals surface area contributed by atoms with Crippen LogP contribution in [0.5, 0.6) is 5.88 Å². The molecule has 1 saturated carbocycles. The van der Waals surface area contributed by atoms with Gasteiger partial charge in [0, 0.05) is 30.0 Å². The number of aromatic nitrogens is 5. The fourth-order valence-corrected chi connectivity index (χ4v) is 5.83. The van der Waals surface area contributed by atoms with Crippen molar-refractivity contribution in [3.05, 3.63) is 76.2 Å². The van der Waals surface area contributed by atoms with E-state index < -0.39 is 0 Å². The van der Waals surface area contributed by atoms with Gasteiger partial charge in [-0.25, -0.2) is 14.3 Å². The van der Waals surface area contributed by atoms with Gasteiger partial charge in [0.05, 0.1) is 13.2 Å². The molecule has 1 aromatic carbocycles. The Hall–Kier alpha value is -3.98. The highest BCUT2D eigenvalue weighted by molar-refractivity contribution is 5.77. The molecule has 2 aliphatic heterocycles. The van der Waals surface area contributed by atoms with E-state index >= 15 is 0 Å². The highest BCUT2D eigenvalue weighted by atomic mass is 16.5. The quantitative estimate of drug-likeness (QED) is 0.403. The molecule has 0 unspecified atom stereocenters. The van der Waals surface area contributed by atoms with Crippen LogP contribution in [0, 0.1) is 0 Å². The Kier molecular flexibility index (Phi) is 5.54. The minimum absolute atomic E-state index is 0.147. The molecule has 5 heterocycles. The summed E-state index contributed by atoms with van der Waals surface area (Å²) >= 11 is 0. The molecule has 1 aliphatic carbocycles. The zero-order chi connectivity index (χ0) is 25.7. The summed E-state index contributed by atoms with van der Waals surface area (Å²) in [6, 6.07) is 12.2. The van der Waals surface area contributed by atoms with Crippen LogP contribution >= 0.6 is 0 Å². The number of hydrogen-bond donors (Lipinski definition) is 1. The predicted molar refractivity (Wildman–Crippen MR) is 146 cm³/mol. The molecule has 1 spiro atoms. The number of ether oxygens (including phenoxy) is 1. The first-order valence-corrected chi connectivity index (χ1v) is 13.5. The second-order valence-corrected chi connectivity index (χ2v) is 10.5. The van der Waals surface area contributed by atoms with Crippen molar-refractivity contribution in [2.24, 2.45) is 0 Å². The lowest BCUT2D eigenvalue weighted by atomic mass is 9.90. The Morgan fingerprint density at radius 1 is 1.08 bits per heavy atom. The molecule has 194 valence electrons. The van der Waals surface area contributed by atoms with E-state index in [0.717, 1.165) is 37.9 Å². The van der Waals surface area contributed by atoms with Crippen LogP contribution < -0.4 is 15.6 Å². The first kappa shape index (κ1) is 23.2. The van der Waals surface area contributed by atoms with Gasteiger partial charge < -0.3 is 10.1 Å². The number of pyridine rings is 1. The topological polar surface area (TPSA) is 90.1 Å². The number of anilines is 2. The molecule has 1 N–H and O–H groups in total. The third kappa shape index (κ3) is 3.89. The molecule has 0 amide bonds. The van der Waals surface area contributed by atoms with Gasteiger partial charge in [0.15, 0.2) is 11.5 Å². The number of fused-ring (bicyclic) bond motifs is 8. The number of rotatable bonds is 2. The van der Waals surface area contributed by atoms with Crippen LogP contribution in [-0.4, -0.2) is 49.4 Å². The van der Waals surface area contributed by atoms with Gasteiger partial charge in [0.25, 0.3) is 5.56 Å². The highest BCUT2D eigenvalue weighted by Crippen LogP contribution is 2.53. The Labute approximate surface area is 220 Å². The third-order valence-electron chi connectivity index (χ3n) is 8.10. The van der Waals surface area contributed by atoms with Gasteiger partial charge in [-0.3, -0.25) is 9.69 Å². The smallest absolute Gasteiger partial charge is 0.278 e. The van der Waals surface area contributed by atoms with Crippen LogP contribution in [0.1, 0.15) is 43.2 Å². The lowest BCUT2D eigenvalue weighted by Gasteiger charge is -2.35. The van der Waals surface area contributed by atoms with Crippen molar-refractivity contribution >= 4 is 22.7 Å². The molecular formula is C29H31N7O2. The zero-order valence-electron chi connectivity index (χ0n) is 21.6. The number of allylic oxidation sites excluding steroid dienone is 2. The van der Waals surface area contributed by atoms with Crippen molar-refractivity contribution in [2.45, 2.75) is 50.6 Å². The summed E-state index contributed by atoms with van der Waals surface area (Å²) < 4.78 is 9.33. The van der Waals surface area contributed by atoms with Gasteiger partial charge in [-0.2, -0.15) is 9.97 Å². The van der Waals surface area contributed by atoms with Crippen molar-refractivity contribution in [1.82, 2.24) is 29.2 Å². The van der Waals surface area contributed by atoms with E-state index in [2.05, 4.69) is 46.5 Å². The predicted octanol–water partition coefficient (Wildman–Crippen LogP) is 4.32. The minimum Gasteiger partial charge on any atom is -0.478 e. The molecular weight excluding hydrogens is 478 g/mol. The Bertz CT molecular complexity index is 1620. The first-order chi connectivity index (χ1) is 18.6. The van der Waals surface area contributed by atoms with Crippen molar-refractivity contribution < 1.29 is 4.74 Å². The van der Waals surface area contributed by atoms with E-state index in [-0.39, 0.29) is 11.1 Å². The summed E-state index contributed by atoms with van der Waals surface area (Å²) in [6.07, 6.45) is 12.1. The average Bonchev–Trinajstić information content (AvgIpc) is 3.68. The third-order valence-corrected chi connectivity index (χ3v) is 8.10. The fraction of sp³-hybridized carbons (Fsp3) is 0.379. The normalized spacial score (nSPS) is 19.4. The van der Waals surface area contributed by atoms with E-state index in [1.165, 1.54) is 24.0 Å². The summed E-state index contributed by atoms with van der Waals surface area (Å²) in [4.78, 5) is 30.0. The Morgan fingerprint density at radius 2 is 2.00 bits per heavy atom. The zero-order valence-corrected chi connectivity index (χ0v) is 21.6. The number of likely N-dealkylation sites (N-methyl/N-ethyl adjacent to an activating group) is 1. The number of benzene rings is 1. The first-order valence-electron chi connectivity index (χ1n) is 13.5. The Morgan fingerprint density at radius 3 is 2.89 bits per heavy atom. The van der Waals surface area contributed by atoms with Gasteiger partial charge in [0.1, 0.15) is 5.39 Å². The molecule has 9 nitrogen and oxygen atoms in total. The molecule has 0 radical (unpaired) electrons. The lowest BCUT2D eigenvalue weighted by Crippen LogP contribution is -2.38. The van der Waals surface area contributed by atoms with Crippen LogP contribution in [0.25, 0.3) is 16.9 Å². The van der Waals surface area contributed by atoms with Crippen molar-refractivity contribution in [1.29, 1.82) is 0 Å². The van der Waals surface area contributed by atoms with Crippen LogP contribution in [0.15, 0.2) is 59.5 Å². The molecule has 38 heavy (non-hydrogen) atoms. The summed E-state index contributed by atoms with van der Waals surface area (Å²) in [5.74, 6) is 1.56. The maximum atomic E-state index is 13.4. The van der Waals surface area contributed by atoms with E-state index in [9.17, 15) is 4.79 Å². The van der Waals surface area contributed by atoms with E-state index in [1.807, 2.05) is 24.3 Å². The fourth-order valence-electron chi connectivity index (χ4n) is 5.83. The van der Waals surface area contributed by atoms with Crippen molar-refractivity contribution in [2.75, 3.05) is 25.5 Å². The molecule has 2 bridgehead atoms. The Balaban J connectivity index is 1.31. The lowest BCUT2D eigenvalue weighted by molar-refractivity contribution is 0.208. The summed E-state index contributed by atoms with van der Waals surface area (Å²) in [6.45, 7) is 2.13. The number of nitrogens with zero attached hydrogens (tertiary/aromatic N) is 6. The standard InChI is InChI=1S/C29H31N7O2/c1-34-16-12-20-10-11-21(18-23(20)29(34)13-14-29)31-28-30-19-22-26(33-28)36-24-8-7-9-25(32-24)38-17-6-4-2-3-5-15-35(36)27(22)37/h3,5,7-11,18-19H,2,4,6,12-17H2,1H3,(H,30,31,33)/b5-3+. The summed E-state index contributed by atoms with van der Waals surface area (Å²) in [5.41, 5.74) is 4.34. The van der Waals surface area contributed by atoms with Crippen LogP contribution in [0.2, 0.25) is 0 Å². The molecule has 1 fully saturated rings. The SMILES string of the molecule is CN1CCc2ccc(Nc3ncc4c(=O)n5n(c4n3)-c3cccc(n3)OCCCC/C=C/C5)cc2C12CC2. The molecule has 0 atom stereocenters. The second kappa shape index (κ2) is 9.09. The maximum Gasteiger partial charge on any atom is 0.278 e. The van der Waals surface area contributed by atoms with Gasteiger partial charge in [-0.05, 0) is 74.9 Å². The molecule has 0 saturated heterocycles. The highest BCUT2D eigenvalue weighted by Gasteiger charge is 2.50. The minimum atomic E-state index is -0.147. The second-order valence-electron chi connectivity index (χ2n) is 10.5. The van der Waals surface area contributed by atoms with Crippen molar-refractivity contribution in [3.8, 4) is 11.7 Å². The molecule has 4 aromatic rings. The van der Waals surface area contributed by atoms with Crippen molar-refractivity contribution in [3.63, 3.8) is 0 Å². The van der Waals surface area contributed by atoms with E-state index in [0.29, 0.717) is 41.8 Å². The molecule has 7 rings (SSSR count). The van der Waals surface area contributed by atoms with Gasteiger partial charge in [-0.1, -0.05) is 24.3 Å². The van der Waals surface area contributed by atoms with E-state index in [4.69, 9.17) is 14.7 Å². The van der Waals surface area contributed by atoms with Crippen LogP contribution in [0.4, 0.5) is 11.6 Å². The summed E-state index contributed by atoms with van der Waals surface area (Å²) in [7, 11) is 2.23. The molecule has 9 heteroatoms. The number of nitrogens with one attached hydrogen (secondary N) is 1. The number of hydrogen-bond acceptors (Lipinski definition) is 7. The monoisotopic (exact) mass is 509 g/mol. The van der Waals surface area contributed by atoms with Gasteiger partial charge in [0.2, 0.25) is 11.8 Å². The maximum absolute atomic E-state index is 13.4. The van der Waals surface area contributed by atoms with Crippen LogP contribution in [-0.2, 0) is 18.5 Å².